The average molecular weight is 313 g/mol. The Hall–Kier alpha value is -2.21. The standard InChI is InChI=1S/C17H23N5O/c1-13(2)19-17(23)12-21-7-9-22(10-8-21)16-11-18-14-5-3-4-6-15(14)20-16/h3-6,11,13H,7-10,12H2,1-2H3,(H,19,23). The molecule has 2 heterocycles. The summed E-state index contributed by atoms with van der Waals surface area (Å²) in [4.78, 5) is 25.4. The number of nitrogens with one attached hydrogen (secondary N) is 1. The van der Waals surface area contributed by atoms with Gasteiger partial charge in [0.2, 0.25) is 5.91 Å². The van der Waals surface area contributed by atoms with E-state index in [9.17, 15) is 4.79 Å². The highest BCUT2D eigenvalue weighted by Gasteiger charge is 2.20. The lowest BCUT2D eigenvalue weighted by Gasteiger charge is -2.35. The topological polar surface area (TPSA) is 61.4 Å². The first-order valence-corrected chi connectivity index (χ1v) is 8.10. The van der Waals surface area contributed by atoms with Crippen molar-refractivity contribution >= 4 is 22.8 Å². The van der Waals surface area contributed by atoms with Crippen LogP contribution in [0.25, 0.3) is 11.0 Å². The lowest BCUT2D eigenvalue weighted by molar-refractivity contribution is -0.122. The number of amides is 1. The summed E-state index contributed by atoms with van der Waals surface area (Å²) in [5.41, 5.74) is 1.84. The minimum atomic E-state index is 0.0962. The van der Waals surface area contributed by atoms with Crippen molar-refractivity contribution in [1.82, 2.24) is 20.2 Å². The molecule has 6 heteroatoms. The van der Waals surface area contributed by atoms with Crippen molar-refractivity contribution in [3.63, 3.8) is 0 Å². The Morgan fingerprint density at radius 3 is 2.57 bits per heavy atom. The summed E-state index contributed by atoms with van der Waals surface area (Å²) in [7, 11) is 0. The zero-order valence-electron chi connectivity index (χ0n) is 13.7. The molecular formula is C17H23N5O. The van der Waals surface area contributed by atoms with Gasteiger partial charge in [-0.2, -0.15) is 0 Å². The van der Waals surface area contributed by atoms with Crippen LogP contribution in [0.15, 0.2) is 30.5 Å². The molecule has 1 amide bonds. The van der Waals surface area contributed by atoms with E-state index in [1.54, 1.807) is 0 Å². The molecule has 1 aliphatic rings. The van der Waals surface area contributed by atoms with E-state index in [0.29, 0.717) is 6.54 Å². The lowest BCUT2D eigenvalue weighted by Crippen LogP contribution is -2.50. The summed E-state index contributed by atoms with van der Waals surface area (Å²) in [6.45, 7) is 7.88. The highest BCUT2D eigenvalue weighted by molar-refractivity contribution is 5.78. The number of para-hydroxylation sites is 2. The fraction of sp³-hybridized carbons (Fsp3) is 0.471. The van der Waals surface area contributed by atoms with Crippen LogP contribution in [-0.4, -0.2) is 59.5 Å². The van der Waals surface area contributed by atoms with Crippen molar-refractivity contribution in [3.05, 3.63) is 30.5 Å². The third-order valence-corrected chi connectivity index (χ3v) is 3.95. The smallest absolute Gasteiger partial charge is 0.234 e. The number of fused-ring (bicyclic) bond motifs is 1. The minimum absolute atomic E-state index is 0.0962. The molecule has 0 atom stereocenters. The average Bonchev–Trinajstić information content (AvgIpc) is 2.54. The second kappa shape index (κ2) is 6.91. The quantitative estimate of drug-likeness (QED) is 0.921. The van der Waals surface area contributed by atoms with Gasteiger partial charge < -0.3 is 10.2 Å². The van der Waals surface area contributed by atoms with Crippen LogP contribution < -0.4 is 10.2 Å². The van der Waals surface area contributed by atoms with E-state index in [-0.39, 0.29) is 11.9 Å². The number of carbonyl (C=O) groups excluding carboxylic acids is 1. The zero-order valence-corrected chi connectivity index (χ0v) is 13.7. The predicted molar refractivity (Wildman–Crippen MR) is 91.5 cm³/mol. The van der Waals surface area contributed by atoms with Crippen molar-refractivity contribution in [2.24, 2.45) is 0 Å². The number of nitrogens with zero attached hydrogens (tertiary/aromatic N) is 4. The monoisotopic (exact) mass is 313 g/mol. The number of aromatic nitrogens is 2. The van der Waals surface area contributed by atoms with E-state index < -0.39 is 0 Å². The van der Waals surface area contributed by atoms with Crippen LogP contribution in [0.3, 0.4) is 0 Å². The number of piperazine rings is 1. The molecule has 23 heavy (non-hydrogen) atoms. The molecule has 0 bridgehead atoms. The largest absolute Gasteiger partial charge is 0.353 e. The normalized spacial score (nSPS) is 16.0. The first-order valence-electron chi connectivity index (χ1n) is 8.10. The van der Waals surface area contributed by atoms with Crippen LogP contribution in [0.2, 0.25) is 0 Å². The van der Waals surface area contributed by atoms with Crippen LogP contribution in [0.4, 0.5) is 5.82 Å². The molecule has 1 aromatic heterocycles. The van der Waals surface area contributed by atoms with Gasteiger partial charge in [0.1, 0.15) is 5.82 Å². The maximum atomic E-state index is 11.8. The first kappa shape index (κ1) is 15.7. The van der Waals surface area contributed by atoms with E-state index >= 15 is 0 Å². The van der Waals surface area contributed by atoms with Gasteiger partial charge in [-0.05, 0) is 26.0 Å². The van der Waals surface area contributed by atoms with Gasteiger partial charge in [-0.15, -0.1) is 0 Å². The van der Waals surface area contributed by atoms with Gasteiger partial charge in [-0.1, -0.05) is 12.1 Å². The van der Waals surface area contributed by atoms with Gasteiger partial charge >= 0.3 is 0 Å². The van der Waals surface area contributed by atoms with Gasteiger partial charge in [0, 0.05) is 32.2 Å². The molecule has 0 aliphatic carbocycles. The Bertz CT molecular complexity index is 679. The molecule has 6 nitrogen and oxygen atoms in total. The molecule has 0 spiro atoms. The second-order valence-electron chi connectivity index (χ2n) is 6.20. The molecule has 1 N–H and O–H groups in total. The highest BCUT2D eigenvalue weighted by atomic mass is 16.2. The number of rotatable bonds is 4. The Kier molecular flexibility index (Phi) is 4.71. The number of hydrogen-bond donors (Lipinski definition) is 1. The minimum Gasteiger partial charge on any atom is -0.353 e. The molecule has 2 aromatic rings. The van der Waals surface area contributed by atoms with Gasteiger partial charge in [0.05, 0.1) is 23.8 Å². The summed E-state index contributed by atoms with van der Waals surface area (Å²) in [5, 5.41) is 2.94. The maximum Gasteiger partial charge on any atom is 0.234 e. The van der Waals surface area contributed by atoms with E-state index in [0.717, 1.165) is 43.0 Å². The first-order chi connectivity index (χ1) is 11.1. The van der Waals surface area contributed by atoms with Crippen molar-refractivity contribution in [2.75, 3.05) is 37.6 Å². The van der Waals surface area contributed by atoms with Gasteiger partial charge in [0.25, 0.3) is 0 Å². The molecule has 1 aromatic carbocycles. The molecule has 0 radical (unpaired) electrons. The van der Waals surface area contributed by atoms with Crippen molar-refractivity contribution in [3.8, 4) is 0 Å². The summed E-state index contributed by atoms with van der Waals surface area (Å²) in [6.07, 6.45) is 1.84. The fourth-order valence-corrected chi connectivity index (χ4v) is 2.81. The van der Waals surface area contributed by atoms with Crippen LogP contribution >= 0.6 is 0 Å². The Morgan fingerprint density at radius 1 is 1.17 bits per heavy atom. The molecule has 1 fully saturated rings. The third-order valence-electron chi connectivity index (χ3n) is 3.95. The molecule has 0 saturated carbocycles. The summed E-state index contributed by atoms with van der Waals surface area (Å²) >= 11 is 0. The number of hydrogen-bond acceptors (Lipinski definition) is 5. The SMILES string of the molecule is CC(C)NC(=O)CN1CCN(c2cnc3ccccc3n2)CC1. The molecule has 122 valence electrons. The van der Waals surface area contributed by atoms with Gasteiger partial charge in [-0.25, -0.2) is 4.98 Å². The predicted octanol–water partition coefficient (Wildman–Crippen LogP) is 1.28. The van der Waals surface area contributed by atoms with Crippen LogP contribution in [0, 0.1) is 0 Å². The summed E-state index contributed by atoms with van der Waals surface area (Å²) in [5.74, 6) is 1.01. The highest BCUT2D eigenvalue weighted by Crippen LogP contribution is 2.16. The van der Waals surface area contributed by atoms with E-state index in [1.807, 2.05) is 44.3 Å². The Morgan fingerprint density at radius 2 is 1.87 bits per heavy atom. The molecular weight excluding hydrogens is 290 g/mol. The van der Waals surface area contributed by atoms with Crippen LogP contribution in [0.5, 0.6) is 0 Å². The van der Waals surface area contributed by atoms with E-state index in [4.69, 9.17) is 0 Å². The van der Waals surface area contributed by atoms with E-state index in [1.165, 1.54) is 0 Å². The fourth-order valence-electron chi connectivity index (χ4n) is 2.81. The van der Waals surface area contributed by atoms with Crippen molar-refractivity contribution in [1.29, 1.82) is 0 Å². The van der Waals surface area contributed by atoms with Crippen LogP contribution in [0.1, 0.15) is 13.8 Å². The Balaban J connectivity index is 1.58. The molecule has 3 rings (SSSR count). The van der Waals surface area contributed by atoms with E-state index in [2.05, 4.69) is 25.1 Å². The summed E-state index contributed by atoms with van der Waals surface area (Å²) in [6, 6.07) is 8.09. The third kappa shape index (κ3) is 3.96. The molecule has 1 aliphatic heterocycles. The maximum absolute atomic E-state index is 11.8. The molecule has 1 saturated heterocycles. The second-order valence-corrected chi connectivity index (χ2v) is 6.20. The summed E-state index contributed by atoms with van der Waals surface area (Å²) < 4.78 is 0. The number of benzene rings is 1. The number of anilines is 1. The zero-order chi connectivity index (χ0) is 16.2. The van der Waals surface area contributed by atoms with Gasteiger partial charge in [0.15, 0.2) is 0 Å². The van der Waals surface area contributed by atoms with Crippen LogP contribution in [-0.2, 0) is 4.79 Å². The van der Waals surface area contributed by atoms with Crippen molar-refractivity contribution in [2.45, 2.75) is 19.9 Å². The Labute approximate surface area is 136 Å². The lowest BCUT2D eigenvalue weighted by atomic mass is 10.3. The number of carbonyl (C=O) groups is 1. The van der Waals surface area contributed by atoms with Crippen molar-refractivity contribution < 1.29 is 4.79 Å². The molecule has 0 unspecified atom stereocenters. The van der Waals surface area contributed by atoms with Gasteiger partial charge in [-0.3, -0.25) is 14.7 Å².